The molecule has 0 spiro atoms. The third-order valence-corrected chi connectivity index (χ3v) is 1.54. The number of aliphatic hydroxyl groups excluding tert-OH is 1. The Morgan fingerprint density at radius 3 is 2.44 bits per heavy atom. The summed E-state index contributed by atoms with van der Waals surface area (Å²) in [5.74, 6) is 0.361. The molecule has 0 aliphatic rings. The van der Waals surface area contributed by atoms with E-state index in [9.17, 15) is 0 Å². The lowest BCUT2D eigenvalue weighted by atomic mass is 10.0. The van der Waals surface area contributed by atoms with Crippen LogP contribution in [-0.2, 0) is 0 Å². The van der Waals surface area contributed by atoms with E-state index in [1.807, 2.05) is 6.92 Å². The molecule has 0 aromatic heterocycles. The zero-order valence-electron chi connectivity index (χ0n) is 6.30. The van der Waals surface area contributed by atoms with Gasteiger partial charge in [0.15, 0.2) is 0 Å². The van der Waals surface area contributed by atoms with Gasteiger partial charge in [0.1, 0.15) is 0 Å². The highest BCUT2D eigenvalue weighted by molar-refractivity contribution is 4.62. The fourth-order valence-electron chi connectivity index (χ4n) is 0.758. The van der Waals surface area contributed by atoms with Gasteiger partial charge in [-0.1, -0.05) is 13.8 Å². The zero-order valence-corrected chi connectivity index (χ0v) is 6.30. The van der Waals surface area contributed by atoms with Crippen molar-refractivity contribution in [2.45, 2.75) is 32.7 Å². The van der Waals surface area contributed by atoms with Crippen molar-refractivity contribution in [2.24, 2.45) is 11.7 Å². The highest BCUT2D eigenvalue weighted by Crippen LogP contribution is 2.04. The Bertz CT molecular complexity index is 57.9. The highest BCUT2D eigenvalue weighted by Gasteiger charge is 2.04. The molecule has 56 valence electrons. The van der Waals surface area contributed by atoms with E-state index < -0.39 is 0 Å². The van der Waals surface area contributed by atoms with Crippen LogP contribution in [0.3, 0.4) is 0 Å². The van der Waals surface area contributed by atoms with E-state index in [2.05, 4.69) is 6.92 Å². The van der Waals surface area contributed by atoms with Gasteiger partial charge in [-0.15, -0.1) is 0 Å². The molecular weight excluding hydrogens is 114 g/mol. The summed E-state index contributed by atoms with van der Waals surface area (Å²) in [5, 5.41) is 8.62. The summed E-state index contributed by atoms with van der Waals surface area (Å²) >= 11 is 0. The first-order valence-corrected chi connectivity index (χ1v) is 3.57. The van der Waals surface area contributed by atoms with Gasteiger partial charge in [0, 0.05) is 12.6 Å². The van der Waals surface area contributed by atoms with Gasteiger partial charge < -0.3 is 10.8 Å². The summed E-state index contributed by atoms with van der Waals surface area (Å²) in [5.41, 5.74) is 5.64. The Labute approximate surface area is 57.1 Å². The van der Waals surface area contributed by atoms with Crippen molar-refractivity contribution in [3.63, 3.8) is 0 Å². The van der Waals surface area contributed by atoms with Crippen LogP contribution in [-0.4, -0.2) is 17.8 Å². The SMILES string of the molecule is CC[C@H](N)C[C@@H](C)CO. The second-order valence-corrected chi connectivity index (χ2v) is 2.69. The third kappa shape index (κ3) is 4.43. The van der Waals surface area contributed by atoms with E-state index in [0.717, 1.165) is 12.8 Å². The fourth-order valence-corrected chi connectivity index (χ4v) is 0.758. The van der Waals surface area contributed by atoms with Crippen LogP contribution in [0.1, 0.15) is 26.7 Å². The van der Waals surface area contributed by atoms with Gasteiger partial charge in [-0.2, -0.15) is 0 Å². The monoisotopic (exact) mass is 131 g/mol. The molecule has 0 saturated heterocycles. The molecule has 0 heterocycles. The van der Waals surface area contributed by atoms with Crippen molar-refractivity contribution in [3.05, 3.63) is 0 Å². The lowest BCUT2D eigenvalue weighted by Crippen LogP contribution is -2.22. The molecule has 0 radical (unpaired) electrons. The van der Waals surface area contributed by atoms with Crippen LogP contribution in [0.25, 0.3) is 0 Å². The summed E-state index contributed by atoms with van der Waals surface area (Å²) in [6.45, 7) is 4.33. The largest absolute Gasteiger partial charge is 0.396 e. The molecule has 0 unspecified atom stereocenters. The van der Waals surface area contributed by atoms with Gasteiger partial charge >= 0.3 is 0 Å². The highest BCUT2D eigenvalue weighted by atomic mass is 16.3. The molecule has 2 atom stereocenters. The molecule has 0 saturated carbocycles. The van der Waals surface area contributed by atoms with Crippen LogP contribution in [0.15, 0.2) is 0 Å². The molecule has 0 rings (SSSR count). The Morgan fingerprint density at radius 2 is 2.11 bits per heavy atom. The number of rotatable bonds is 4. The second-order valence-electron chi connectivity index (χ2n) is 2.69. The number of aliphatic hydroxyl groups is 1. The molecule has 0 aromatic carbocycles. The molecular formula is C7H17NO. The van der Waals surface area contributed by atoms with E-state index >= 15 is 0 Å². The van der Waals surface area contributed by atoms with Gasteiger partial charge in [0.05, 0.1) is 0 Å². The molecule has 0 fully saturated rings. The summed E-state index contributed by atoms with van der Waals surface area (Å²) in [6.07, 6.45) is 1.94. The van der Waals surface area contributed by atoms with Crippen LogP contribution in [0, 0.1) is 5.92 Å². The minimum Gasteiger partial charge on any atom is -0.396 e. The second kappa shape index (κ2) is 4.77. The van der Waals surface area contributed by atoms with Gasteiger partial charge in [-0.05, 0) is 18.8 Å². The van der Waals surface area contributed by atoms with Crippen molar-refractivity contribution in [1.29, 1.82) is 0 Å². The van der Waals surface area contributed by atoms with Crippen LogP contribution in [0.4, 0.5) is 0 Å². The smallest absolute Gasteiger partial charge is 0.0457 e. The summed E-state index contributed by atoms with van der Waals surface area (Å²) in [4.78, 5) is 0. The topological polar surface area (TPSA) is 46.2 Å². The van der Waals surface area contributed by atoms with E-state index in [4.69, 9.17) is 10.8 Å². The first kappa shape index (κ1) is 8.92. The van der Waals surface area contributed by atoms with Gasteiger partial charge in [-0.3, -0.25) is 0 Å². The van der Waals surface area contributed by atoms with Gasteiger partial charge in [0.2, 0.25) is 0 Å². The standard InChI is InChI=1S/C7H17NO/c1-3-7(8)4-6(2)5-9/h6-7,9H,3-5,8H2,1-2H3/t6-,7+/m1/s1. The number of hydrogen-bond donors (Lipinski definition) is 2. The minimum atomic E-state index is 0.258. The van der Waals surface area contributed by atoms with Gasteiger partial charge in [0.25, 0.3) is 0 Å². The Kier molecular flexibility index (Phi) is 4.72. The molecule has 0 amide bonds. The van der Waals surface area contributed by atoms with Crippen LogP contribution >= 0.6 is 0 Å². The van der Waals surface area contributed by atoms with Crippen molar-refractivity contribution in [2.75, 3.05) is 6.61 Å². The average molecular weight is 131 g/mol. The number of nitrogens with two attached hydrogens (primary N) is 1. The lowest BCUT2D eigenvalue weighted by molar-refractivity contribution is 0.222. The normalized spacial score (nSPS) is 17.3. The maximum Gasteiger partial charge on any atom is 0.0457 e. The van der Waals surface area contributed by atoms with Crippen LogP contribution in [0.2, 0.25) is 0 Å². The third-order valence-electron chi connectivity index (χ3n) is 1.54. The summed E-state index contributed by atoms with van der Waals surface area (Å²) in [6, 6.07) is 0.271. The lowest BCUT2D eigenvalue weighted by Gasteiger charge is -2.12. The maximum atomic E-state index is 8.62. The van der Waals surface area contributed by atoms with E-state index in [1.165, 1.54) is 0 Å². The van der Waals surface area contributed by atoms with E-state index in [1.54, 1.807) is 0 Å². The van der Waals surface area contributed by atoms with E-state index in [-0.39, 0.29) is 12.6 Å². The first-order chi connectivity index (χ1) is 4.20. The quantitative estimate of drug-likeness (QED) is 0.591. The molecule has 0 aromatic rings. The average Bonchev–Trinajstić information content (AvgIpc) is 1.87. The van der Waals surface area contributed by atoms with Gasteiger partial charge in [-0.25, -0.2) is 0 Å². The molecule has 0 aliphatic heterocycles. The molecule has 0 bridgehead atoms. The maximum absolute atomic E-state index is 8.62. The van der Waals surface area contributed by atoms with Crippen LogP contribution in [0.5, 0.6) is 0 Å². The van der Waals surface area contributed by atoms with E-state index in [0.29, 0.717) is 5.92 Å². The fraction of sp³-hybridized carbons (Fsp3) is 1.00. The predicted octanol–water partition coefficient (Wildman–Crippen LogP) is 0.742. The molecule has 2 heteroatoms. The summed E-state index contributed by atoms with van der Waals surface area (Å²) in [7, 11) is 0. The summed E-state index contributed by atoms with van der Waals surface area (Å²) < 4.78 is 0. The van der Waals surface area contributed by atoms with Crippen molar-refractivity contribution >= 4 is 0 Å². The van der Waals surface area contributed by atoms with Crippen molar-refractivity contribution in [3.8, 4) is 0 Å². The molecule has 2 nitrogen and oxygen atoms in total. The molecule has 9 heavy (non-hydrogen) atoms. The van der Waals surface area contributed by atoms with Crippen molar-refractivity contribution < 1.29 is 5.11 Å². The number of hydrogen-bond acceptors (Lipinski definition) is 2. The zero-order chi connectivity index (χ0) is 7.28. The Morgan fingerprint density at radius 1 is 1.56 bits per heavy atom. The molecule has 0 aliphatic carbocycles. The molecule has 3 N–H and O–H groups in total. The Hall–Kier alpha value is -0.0800. The minimum absolute atomic E-state index is 0.258. The first-order valence-electron chi connectivity index (χ1n) is 3.57. The predicted molar refractivity (Wildman–Crippen MR) is 39.1 cm³/mol. The Balaban J connectivity index is 3.22. The van der Waals surface area contributed by atoms with Crippen molar-refractivity contribution in [1.82, 2.24) is 0 Å². The van der Waals surface area contributed by atoms with Crippen LogP contribution < -0.4 is 5.73 Å².